The molecule has 0 bridgehead atoms. The van der Waals surface area contributed by atoms with Gasteiger partial charge in [0.05, 0.1) is 6.54 Å². The van der Waals surface area contributed by atoms with Gasteiger partial charge in [-0.25, -0.2) is 0 Å². The van der Waals surface area contributed by atoms with Crippen LogP contribution in [0.1, 0.15) is 24.5 Å². The van der Waals surface area contributed by atoms with Crippen LogP contribution in [0.2, 0.25) is 0 Å². The largest absolute Gasteiger partial charge is 0.317 e. The molecule has 0 aromatic carbocycles. The highest BCUT2D eigenvalue weighted by molar-refractivity contribution is 5.53. The maximum Gasteiger partial charge on any atom is 0.146 e. The van der Waals surface area contributed by atoms with E-state index in [1.165, 1.54) is 0 Å². The number of aryl methyl sites for hydroxylation is 1. The van der Waals surface area contributed by atoms with Crippen LogP contribution in [-0.4, -0.2) is 39.0 Å². The SMILES string of the molecule is Cc1nnc(CN2CCC(C=O)CC2)n1C. The number of aldehydes is 1. The first kappa shape index (κ1) is 11.3. The van der Waals surface area contributed by atoms with Crippen molar-refractivity contribution >= 4 is 6.29 Å². The maximum atomic E-state index is 10.6. The van der Waals surface area contributed by atoms with Crippen molar-refractivity contribution < 1.29 is 4.79 Å². The first-order valence-corrected chi connectivity index (χ1v) is 5.73. The van der Waals surface area contributed by atoms with Crippen molar-refractivity contribution in [3.8, 4) is 0 Å². The molecule has 88 valence electrons. The van der Waals surface area contributed by atoms with Crippen LogP contribution in [0.5, 0.6) is 0 Å². The van der Waals surface area contributed by atoms with Gasteiger partial charge in [-0.05, 0) is 32.9 Å². The van der Waals surface area contributed by atoms with Crippen molar-refractivity contribution in [3.63, 3.8) is 0 Å². The van der Waals surface area contributed by atoms with Crippen LogP contribution in [0.25, 0.3) is 0 Å². The summed E-state index contributed by atoms with van der Waals surface area (Å²) in [5.41, 5.74) is 0. The van der Waals surface area contributed by atoms with Gasteiger partial charge < -0.3 is 9.36 Å². The minimum Gasteiger partial charge on any atom is -0.317 e. The summed E-state index contributed by atoms with van der Waals surface area (Å²) < 4.78 is 2.02. The Morgan fingerprint density at radius 2 is 2.06 bits per heavy atom. The molecule has 1 aliphatic heterocycles. The lowest BCUT2D eigenvalue weighted by Crippen LogP contribution is -2.34. The van der Waals surface area contributed by atoms with E-state index in [-0.39, 0.29) is 5.92 Å². The molecule has 0 saturated carbocycles. The number of carbonyl (C=O) groups excluding carboxylic acids is 1. The van der Waals surface area contributed by atoms with Gasteiger partial charge in [-0.15, -0.1) is 10.2 Å². The molecule has 1 aromatic heterocycles. The summed E-state index contributed by atoms with van der Waals surface area (Å²) in [5.74, 6) is 2.21. The average molecular weight is 222 g/mol. The van der Waals surface area contributed by atoms with Crippen molar-refractivity contribution in [2.75, 3.05) is 13.1 Å². The Morgan fingerprint density at radius 1 is 1.38 bits per heavy atom. The van der Waals surface area contributed by atoms with E-state index in [0.29, 0.717) is 0 Å². The molecular weight excluding hydrogens is 204 g/mol. The summed E-state index contributed by atoms with van der Waals surface area (Å²) in [7, 11) is 1.99. The quantitative estimate of drug-likeness (QED) is 0.700. The number of nitrogens with zero attached hydrogens (tertiary/aromatic N) is 4. The lowest BCUT2D eigenvalue weighted by atomic mass is 9.99. The molecular formula is C11H18N4O. The summed E-state index contributed by atoms with van der Waals surface area (Å²) in [4.78, 5) is 13.0. The standard InChI is InChI=1S/C11H18N4O/c1-9-12-13-11(14(9)2)7-15-5-3-10(8-16)4-6-15/h8,10H,3-7H2,1-2H3. The number of hydrogen-bond donors (Lipinski definition) is 0. The van der Waals surface area contributed by atoms with Gasteiger partial charge in [-0.1, -0.05) is 0 Å². The zero-order valence-electron chi connectivity index (χ0n) is 9.89. The zero-order valence-corrected chi connectivity index (χ0v) is 9.89. The second kappa shape index (κ2) is 4.74. The van der Waals surface area contributed by atoms with Crippen LogP contribution in [0.3, 0.4) is 0 Å². The molecule has 1 aromatic rings. The predicted octanol–water partition coefficient (Wildman–Crippen LogP) is 0.534. The number of likely N-dealkylation sites (tertiary alicyclic amines) is 1. The van der Waals surface area contributed by atoms with Gasteiger partial charge in [0.2, 0.25) is 0 Å². The molecule has 0 aliphatic carbocycles. The van der Waals surface area contributed by atoms with Crippen molar-refractivity contribution in [2.24, 2.45) is 13.0 Å². The van der Waals surface area contributed by atoms with E-state index in [9.17, 15) is 4.79 Å². The second-order valence-corrected chi connectivity index (χ2v) is 4.47. The molecule has 5 nitrogen and oxygen atoms in total. The maximum absolute atomic E-state index is 10.6. The van der Waals surface area contributed by atoms with Gasteiger partial charge in [0.25, 0.3) is 0 Å². The molecule has 2 heterocycles. The van der Waals surface area contributed by atoms with E-state index >= 15 is 0 Å². The zero-order chi connectivity index (χ0) is 11.5. The number of carbonyl (C=O) groups is 1. The molecule has 0 radical (unpaired) electrons. The van der Waals surface area contributed by atoms with E-state index in [2.05, 4.69) is 15.1 Å². The van der Waals surface area contributed by atoms with Gasteiger partial charge in [-0.2, -0.15) is 0 Å². The summed E-state index contributed by atoms with van der Waals surface area (Å²) >= 11 is 0. The smallest absolute Gasteiger partial charge is 0.146 e. The summed E-state index contributed by atoms with van der Waals surface area (Å²) in [6.07, 6.45) is 3.03. The Balaban J connectivity index is 1.92. The molecule has 0 spiro atoms. The van der Waals surface area contributed by atoms with Gasteiger partial charge in [0, 0.05) is 13.0 Å². The molecule has 2 rings (SSSR count). The highest BCUT2D eigenvalue weighted by Crippen LogP contribution is 2.16. The normalized spacial score (nSPS) is 18.9. The molecule has 16 heavy (non-hydrogen) atoms. The lowest BCUT2D eigenvalue weighted by Gasteiger charge is -2.28. The van der Waals surface area contributed by atoms with E-state index in [1.807, 2.05) is 18.5 Å². The number of piperidine rings is 1. The minimum absolute atomic E-state index is 0.262. The third-order valence-electron chi connectivity index (χ3n) is 3.37. The van der Waals surface area contributed by atoms with E-state index in [4.69, 9.17) is 0 Å². The van der Waals surface area contributed by atoms with E-state index in [0.717, 1.165) is 50.4 Å². The number of hydrogen-bond acceptors (Lipinski definition) is 4. The first-order chi connectivity index (χ1) is 7.70. The van der Waals surface area contributed by atoms with Crippen LogP contribution >= 0.6 is 0 Å². The Hall–Kier alpha value is -1.23. The average Bonchev–Trinajstić information content (AvgIpc) is 2.62. The molecule has 1 fully saturated rings. The fraction of sp³-hybridized carbons (Fsp3) is 0.727. The van der Waals surface area contributed by atoms with Crippen LogP contribution in [0, 0.1) is 12.8 Å². The summed E-state index contributed by atoms with van der Waals surface area (Å²) in [6.45, 7) is 4.75. The van der Waals surface area contributed by atoms with E-state index in [1.54, 1.807) is 0 Å². The van der Waals surface area contributed by atoms with Crippen molar-refractivity contribution in [1.82, 2.24) is 19.7 Å². The third-order valence-corrected chi connectivity index (χ3v) is 3.37. The Labute approximate surface area is 95.5 Å². The molecule has 0 atom stereocenters. The number of rotatable bonds is 3. The molecule has 0 N–H and O–H groups in total. The van der Waals surface area contributed by atoms with Crippen molar-refractivity contribution in [1.29, 1.82) is 0 Å². The van der Waals surface area contributed by atoms with Crippen LogP contribution in [-0.2, 0) is 18.4 Å². The van der Waals surface area contributed by atoms with E-state index < -0.39 is 0 Å². The monoisotopic (exact) mass is 222 g/mol. The first-order valence-electron chi connectivity index (χ1n) is 5.73. The van der Waals surface area contributed by atoms with Gasteiger partial charge in [0.1, 0.15) is 17.9 Å². The fourth-order valence-corrected chi connectivity index (χ4v) is 2.04. The summed E-state index contributed by atoms with van der Waals surface area (Å²) in [5, 5.41) is 8.19. The third kappa shape index (κ3) is 2.29. The highest BCUT2D eigenvalue weighted by Gasteiger charge is 2.19. The lowest BCUT2D eigenvalue weighted by molar-refractivity contribution is -0.112. The van der Waals surface area contributed by atoms with Gasteiger partial charge in [-0.3, -0.25) is 4.90 Å². The van der Waals surface area contributed by atoms with Crippen LogP contribution in [0.15, 0.2) is 0 Å². The van der Waals surface area contributed by atoms with Crippen LogP contribution < -0.4 is 0 Å². The minimum atomic E-state index is 0.262. The molecule has 1 aliphatic rings. The summed E-state index contributed by atoms with van der Waals surface area (Å²) in [6, 6.07) is 0. The Morgan fingerprint density at radius 3 is 2.56 bits per heavy atom. The number of aromatic nitrogens is 3. The molecule has 0 amide bonds. The molecule has 0 unspecified atom stereocenters. The topological polar surface area (TPSA) is 51.0 Å². The highest BCUT2D eigenvalue weighted by atomic mass is 16.1. The van der Waals surface area contributed by atoms with Gasteiger partial charge >= 0.3 is 0 Å². The predicted molar refractivity (Wildman–Crippen MR) is 59.8 cm³/mol. The molecule has 1 saturated heterocycles. The van der Waals surface area contributed by atoms with Crippen molar-refractivity contribution in [2.45, 2.75) is 26.3 Å². The second-order valence-electron chi connectivity index (χ2n) is 4.47. The Kier molecular flexibility index (Phi) is 3.33. The fourth-order valence-electron chi connectivity index (χ4n) is 2.04. The Bertz CT molecular complexity index is 366. The van der Waals surface area contributed by atoms with Crippen molar-refractivity contribution in [3.05, 3.63) is 11.6 Å². The van der Waals surface area contributed by atoms with Crippen LogP contribution in [0.4, 0.5) is 0 Å². The molecule has 5 heteroatoms. The van der Waals surface area contributed by atoms with Gasteiger partial charge in [0.15, 0.2) is 0 Å².